The van der Waals surface area contributed by atoms with Crippen LogP contribution < -0.4 is 0 Å². The molecule has 1 aromatic rings. The number of rotatable bonds is 2. The molecule has 0 aliphatic carbocycles. The number of nitro groups is 1. The van der Waals surface area contributed by atoms with E-state index < -0.39 is 15.7 Å². The quantitative estimate of drug-likeness (QED) is 0.572. The minimum absolute atomic E-state index is 0.0511. The maximum atomic E-state index is 10.9. The molecule has 0 N–H and O–H groups in total. The third-order valence-corrected chi connectivity index (χ3v) is 4.02. The van der Waals surface area contributed by atoms with E-state index in [1.165, 1.54) is 11.6 Å². The van der Waals surface area contributed by atoms with Gasteiger partial charge >= 0.3 is 5.69 Å². The van der Waals surface area contributed by atoms with Gasteiger partial charge in [0.2, 0.25) is 0 Å². The first kappa shape index (κ1) is 9.63. The highest BCUT2D eigenvalue weighted by atomic mass is 35.5. The third kappa shape index (κ3) is 1.65. The van der Waals surface area contributed by atoms with Gasteiger partial charge in [-0.15, -0.1) is 11.3 Å². The average molecular weight is 226 g/mol. The summed E-state index contributed by atoms with van der Waals surface area (Å²) in [5.41, 5.74) is -0.234. The maximum Gasteiger partial charge on any atom is 0.314 e. The van der Waals surface area contributed by atoms with Crippen LogP contribution in [0.3, 0.4) is 0 Å². The molecule has 7 heteroatoms. The van der Waals surface area contributed by atoms with Gasteiger partial charge in [0.15, 0.2) is 4.21 Å². The third-order valence-electron chi connectivity index (χ3n) is 1.13. The van der Waals surface area contributed by atoms with Crippen LogP contribution in [0.15, 0.2) is 9.59 Å². The summed E-state index contributed by atoms with van der Waals surface area (Å²) in [4.78, 5) is 9.79. The van der Waals surface area contributed by atoms with Crippen molar-refractivity contribution in [3.63, 3.8) is 0 Å². The van der Waals surface area contributed by atoms with Gasteiger partial charge in [0.05, 0.1) is 15.7 Å². The molecule has 1 aromatic heterocycles. The van der Waals surface area contributed by atoms with Crippen molar-refractivity contribution in [2.24, 2.45) is 0 Å². The monoisotopic (exact) mass is 225 g/mol. The Balaban J connectivity index is 3.31. The van der Waals surface area contributed by atoms with Gasteiger partial charge in [-0.1, -0.05) is 11.6 Å². The van der Waals surface area contributed by atoms with Crippen molar-refractivity contribution in [3.05, 3.63) is 20.5 Å². The maximum absolute atomic E-state index is 10.9. The lowest BCUT2D eigenvalue weighted by Crippen LogP contribution is -1.92. The van der Waals surface area contributed by atoms with Crippen LogP contribution in [0.25, 0.3) is 0 Å². The Hall–Kier alpha value is -0.460. The molecule has 0 radical (unpaired) electrons. The highest BCUT2D eigenvalue weighted by Gasteiger charge is 2.23. The Morgan fingerprint density at radius 1 is 1.75 bits per heavy atom. The molecule has 1 rings (SSSR count). The Bertz CT molecular complexity index is 348. The first-order valence-corrected chi connectivity index (χ1v) is 5.60. The first-order chi connectivity index (χ1) is 5.54. The molecule has 0 amide bonds. The van der Waals surface area contributed by atoms with E-state index in [0.29, 0.717) is 0 Å². The number of halogens is 1. The first-order valence-electron chi connectivity index (χ1n) is 2.79. The summed E-state index contributed by atoms with van der Waals surface area (Å²) in [6, 6.07) is 0. The SMILES string of the molecule is CS(=O)c1scc(Cl)c1[N+](=O)[O-]. The fourth-order valence-electron chi connectivity index (χ4n) is 0.680. The number of hydrogen-bond acceptors (Lipinski definition) is 4. The molecule has 12 heavy (non-hydrogen) atoms. The summed E-state index contributed by atoms with van der Waals surface area (Å²) in [7, 11) is -1.35. The summed E-state index contributed by atoms with van der Waals surface area (Å²) in [6.07, 6.45) is 1.38. The minimum atomic E-state index is -1.35. The summed E-state index contributed by atoms with van der Waals surface area (Å²) >= 11 is 6.56. The van der Waals surface area contributed by atoms with Crippen LogP contribution in [0.1, 0.15) is 0 Å². The second-order valence-electron chi connectivity index (χ2n) is 1.93. The van der Waals surface area contributed by atoms with Crippen LogP contribution in [0, 0.1) is 10.1 Å². The van der Waals surface area contributed by atoms with Crippen LogP contribution >= 0.6 is 22.9 Å². The van der Waals surface area contributed by atoms with Crippen molar-refractivity contribution in [1.82, 2.24) is 0 Å². The topological polar surface area (TPSA) is 60.2 Å². The Labute approximate surface area is 79.8 Å². The van der Waals surface area contributed by atoms with Crippen molar-refractivity contribution in [2.45, 2.75) is 4.21 Å². The molecule has 0 aliphatic heterocycles. The predicted molar refractivity (Wildman–Crippen MR) is 48.3 cm³/mol. The number of nitrogens with zero attached hydrogens (tertiary/aromatic N) is 1. The average Bonchev–Trinajstić information content (AvgIpc) is 2.30. The smallest absolute Gasteiger partial charge is 0.258 e. The van der Waals surface area contributed by atoms with E-state index in [4.69, 9.17) is 11.6 Å². The van der Waals surface area contributed by atoms with Gasteiger partial charge in [-0.25, -0.2) is 0 Å². The van der Waals surface area contributed by atoms with Crippen molar-refractivity contribution < 1.29 is 9.13 Å². The van der Waals surface area contributed by atoms with E-state index in [2.05, 4.69) is 0 Å². The molecule has 0 aromatic carbocycles. The lowest BCUT2D eigenvalue weighted by molar-refractivity contribution is -0.387. The van der Waals surface area contributed by atoms with Crippen LogP contribution in [0.2, 0.25) is 5.02 Å². The van der Waals surface area contributed by atoms with Crippen molar-refractivity contribution in [2.75, 3.05) is 6.26 Å². The highest BCUT2D eigenvalue weighted by Crippen LogP contribution is 2.35. The Morgan fingerprint density at radius 2 is 2.33 bits per heavy atom. The second-order valence-corrected chi connectivity index (χ2v) is 4.79. The zero-order chi connectivity index (χ0) is 9.30. The zero-order valence-corrected chi connectivity index (χ0v) is 8.33. The lowest BCUT2D eigenvalue weighted by atomic mass is 10.5. The van der Waals surface area contributed by atoms with Gasteiger partial charge in [0.1, 0.15) is 5.02 Å². The van der Waals surface area contributed by atoms with Gasteiger partial charge in [0.25, 0.3) is 0 Å². The second kappa shape index (κ2) is 3.51. The number of hydrogen-bond donors (Lipinski definition) is 0. The summed E-state index contributed by atoms with van der Waals surface area (Å²) in [5, 5.41) is 11.9. The van der Waals surface area contributed by atoms with Crippen molar-refractivity contribution in [1.29, 1.82) is 0 Å². The van der Waals surface area contributed by atoms with Gasteiger partial charge in [-0.2, -0.15) is 0 Å². The van der Waals surface area contributed by atoms with Crippen LogP contribution in [-0.2, 0) is 10.8 Å². The summed E-state index contributed by atoms with van der Waals surface area (Å²) in [5.74, 6) is 0. The van der Waals surface area contributed by atoms with Gasteiger partial charge in [-0.05, 0) is 0 Å². The highest BCUT2D eigenvalue weighted by molar-refractivity contribution is 7.86. The van der Waals surface area contributed by atoms with E-state index in [0.717, 1.165) is 11.3 Å². The van der Waals surface area contributed by atoms with E-state index in [1.807, 2.05) is 0 Å². The minimum Gasteiger partial charge on any atom is -0.258 e. The van der Waals surface area contributed by atoms with Crippen LogP contribution in [0.5, 0.6) is 0 Å². The van der Waals surface area contributed by atoms with Crippen LogP contribution in [-0.4, -0.2) is 15.4 Å². The van der Waals surface area contributed by atoms with Gasteiger partial charge in [-0.3, -0.25) is 14.3 Å². The van der Waals surface area contributed by atoms with Crippen molar-refractivity contribution in [3.8, 4) is 0 Å². The molecular weight excluding hydrogens is 222 g/mol. The molecule has 0 aliphatic rings. The molecule has 0 fully saturated rings. The molecule has 4 nitrogen and oxygen atoms in total. The predicted octanol–water partition coefficient (Wildman–Crippen LogP) is 2.05. The Kier molecular flexibility index (Phi) is 2.81. The van der Waals surface area contributed by atoms with Gasteiger partial charge in [0, 0.05) is 11.6 Å². The van der Waals surface area contributed by atoms with E-state index in [1.54, 1.807) is 0 Å². The molecule has 0 saturated heterocycles. The van der Waals surface area contributed by atoms with E-state index >= 15 is 0 Å². The summed E-state index contributed by atoms with van der Waals surface area (Å²) in [6.45, 7) is 0. The van der Waals surface area contributed by atoms with Gasteiger partial charge < -0.3 is 0 Å². The fraction of sp³-hybridized carbons (Fsp3) is 0.200. The molecule has 1 atom stereocenters. The van der Waals surface area contributed by atoms with E-state index in [-0.39, 0.29) is 14.9 Å². The largest absolute Gasteiger partial charge is 0.314 e. The van der Waals surface area contributed by atoms with Crippen LogP contribution in [0.4, 0.5) is 5.69 Å². The Morgan fingerprint density at radius 3 is 2.67 bits per heavy atom. The normalized spacial score (nSPS) is 12.8. The molecule has 66 valence electrons. The standard InChI is InChI=1S/C5H4ClNO3S2/c1-12(10)5-4(7(8)9)3(6)2-11-5/h2H,1H3. The lowest BCUT2D eigenvalue weighted by Gasteiger charge is -1.90. The molecule has 1 heterocycles. The summed E-state index contributed by atoms with van der Waals surface area (Å²) < 4.78 is 11.2. The molecule has 0 saturated carbocycles. The molecular formula is C5H4ClNO3S2. The van der Waals surface area contributed by atoms with E-state index in [9.17, 15) is 14.3 Å². The molecule has 0 bridgehead atoms. The fourth-order valence-corrected chi connectivity index (χ4v) is 2.85. The van der Waals surface area contributed by atoms with Crippen molar-refractivity contribution >= 4 is 39.4 Å². The molecule has 1 unspecified atom stereocenters. The molecule has 0 spiro atoms. The number of thiophene rings is 1. The zero-order valence-electron chi connectivity index (χ0n) is 5.94.